The highest BCUT2D eigenvalue weighted by molar-refractivity contribution is 5.78. The number of primary amides is 1. The van der Waals surface area contributed by atoms with Gasteiger partial charge in [0.15, 0.2) is 0 Å². The lowest BCUT2D eigenvalue weighted by Gasteiger charge is -2.09. The molecule has 1 aromatic carbocycles. The number of methoxy groups -OCH3 is 1. The molecule has 0 fully saturated rings. The van der Waals surface area contributed by atoms with E-state index >= 15 is 0 Å². The third-order valence-electron chi connectivity index (χ3n) is 2.38. The summed E-state index contributed by atoms with van der Waals surface area (Å²) in [6.45, 7) is 0.492. The van der Waals surface area contributed by atoms with Crippen LogP contribution in [0.4, 0.5) is 0 Å². The molecule has 0 radical (unpaired) electrons. The molecule has 0 aromatic heterocycles. The molecule has 0 heterocycles. The van der Waals surface area contributed by atoms with Gasteiger partial charge in [-0.1, -0.05) is 6.07 Å². The molecule has 1 rings (SSSR count). The summed E-state index contributed by atoms with van der Waals surface area (Å²) in [5.74, 6) is -0.256. The van der Waals surface area contributed by atoms with Crippen molar-refractivity contribution >= 4 is 5.91 Å². The third kappa shape index (κ3) is 3.73. The second-order valence-corrected chi connectivity index (χ2v) is 3.70. The van der Waals surface area contributed by atoms with Crippen molar-refractivity contribution in [3.63, 3.8) is 0 Å². The minimum Gasteiger partial charge on any atom is -0.495 e. The van der Waals surface area contributed by atoms with Crippen LogP contribution in [-0.2, 0) is 11.3 Å². The molecule has 1 unspecified atom stereocenters. The molecule has 0 aliphatic heterocycles. The van der Waals surface area contributed by atoms with E-state index in [-0.39, 0.29) is 6.54 Å². The van der Waals surface area contributed by atoms with Crippen LogP contribution in [0.3, 0.4) is 0 Å². The zero-order chi connectivity index (χ0) is 13.5. The molecular formula is C12H15N3O3. The molecule has 4 N–H and O–H groups in total. The Morgan fingerprint density at radius 1 is 1.67 bits per heavy atom. The van der Waals surface area contributed by atoms with Crippen molar-refractivity contribution < 1.29 is 14.6 Å². The molecule has 0 aliphatic carbocycles. The molecule has 0 bridgehead atoms. The van der Waals surface area contributed by atoms with Crippen molar-refractivity contribution in [1.29, 1.82) is 5.26 Å². The predicted molar refractivity (Wildman–Crippen MR) is 64.6 cm³/mol. The zero-order valence-electron chi connectivity index (χ0n) is 10.0. The number of benzene rings is 1. The van der Waals surface area contributed by atoms with E-state index in [0.29, 0.717) is 17.9 Å². The molecular weight excluding hydrogens is 234 g/mol. The van der Waals surface area contributed by atoms with Gasteiger partial charge in [-0.3, -0.25) is 4.79 Å². The fourth-order valence-electron chi connectivity index (χ4n) is 1.41. The Kier molecular flexibility index (Phi) is 5.11. The summed E-state index contributed by atoms with van der Waals surface area (Å²) in [6.07, 6.45) is -1.21. The van der Waals surface area contributed by atoms with Gasteiger partial charge in [0.1, 0.15) is 17.9 Å². The van der Waals surface area contributed by atoms with Crippen LogP contribution in [0, 0.1) is 11.3 Å². The quantitative estimate of drug-likeness (QED) is 0.630. The van der Waals surface area contributed by atoms with Gasteiger partial charge in [-0.25, -0.2) is 0 Å². The molecule has 0 saturated carbocycles. The number of nitriles is 1. The van der Waals surface area contributed by atoms with Crippen molar-refractivity contribution in [3.8, 4) is 11.8 Å². The van der Waals surface area contributed by atoms with Crippen LogP contribution in [0.1, 0.15) is 11.1 Å². The zero-order valence-corrected chi connectivity index (χ0v) is 10.0. The van der Waals surface area contributed by atoms with Crippen molar-refractivity contribution in [2.24, 2.45) is 5.73 Å². The van der Waals surface area contributed by atoms with Crippen molar-refractivity contribution in [1.82, 2.24) is 5.32 Å². The van der Waals surface area contributed by atoms with Crippen LogP contribution in [0.15, 0.2) is 18.2 Å². The van der Waals surface area contributed by atoms with E-state index in [0.717, 1.165) is 5.56 Å². The topological polar surface area (TPSA) is 108 Å². The molecule has 18 heavy (non-hydrogen) atoms. The normalized spacial score (nSPS) is 11.6. The largest absolute Gasteiger partial charge is 0.495 e. The predicted octanol–water partition coefficient (Wildman–Crippen LogP) is -0.497. The lowest BCUT2D eigenvalue weighted by molar-refractivity contribution is -0.125. The van der Waals surface area contributed by atoms with E-state index in [4.69, 9.17) is 15.7 Å². The lowest BCUT2D eigenvalue weighted by Crippen LogP contribution is -2.37. The number of ether oxygens (including phenoxy) is 1. The second kappa shape index (κ2) is 6.59. The summed E-state index contributed by atoms with van der Waals surface area (Å²) in [4.78, 5) is 10.6. The number of aliphatic hydroxyl groups is 1. The second-order valence-electron chi connectivity index (χ2n) is 3.70. The number of hydrogen-bond donors (Lipinski definition) is 3. The number of nitrogens with one attached hydrogen (secondary N) is 1. The highest BCUT2D eigenvalue weighted by atomic mass is 16.5. The van der Waals surface area contributed by atoms with E-state index in [1.54, 1.807) is 18.2 Å². The van der Waals surface area contributed by atoms with Gasteiger partial charge in [-0.2, -0.15) is 5.26 Å². The van der Waals surface area contributed by atoms with Gasteiger partial charge in [0.25, 0.3) is 0 Å². The Morgan fingerprint density at radius 3 is 2.94 bits per heavy atom. The third-order valence-corrected chi connectivity index (χ3v) is 2.38. The van der Waals surface area contributed by atoms with Crippen molar-refractivity contribution in [3.05, 3.63) is 29.3 Å². The maximum absolute atomic E-state index is 10.6. The average Bonchev–Trinajstić information content (AvgIpc) is 2.38. The summed E-state index contributed by atoms with van der Waals surface area (Å²) in [7, 11) is 1.50. The molecule has 0 spiro atoms. The first-order valence-electron chi connectivity index (χ1n) is 5.33. The molecule has 1 amide bonds. The highest BCUT2D eigenvalue weighted by Gasteiger charge is 2.10. The number of aliphatic hydroxyl groups excluding tert-OH is 1. The lowest BCUT2D eigenvalue weighted by atomic mass is 10.1. The van der Waals surface area contributed by atoms with Gasteiger partial charge in [0, 0.05) is 13.1 Å². The fourth-order valence-corrected chi connectivity index (χ4v) is 1.41. The van der Waals surface area contributed by atoms with E-state index in [1.165, 1.54) is 7.11 Å². The molecule has 6 nitrogen and oxygen atoms in total. The number of carbonyl (C=O) groups excluding carboxylic acids is 1. The monoisotopic (exact) mass is 249 g/mol. The van der Waals surface area contributed by atoms with Crippen LogP contribution < -0.4 is 15.8 Å². The minimum atomic E-state index is -1.21. The molecule has 96 valence electrons. The van der Waals surface area contributed by atoms with Crippen molar-refractivity contribution in [2.75, 3.05) is 13.7 Å². The number of hydrogen-bond acceptors (Lipinski definition) is 5. The van der Waals surface area contributed by atoms with Crippen LogP contribution in [0.5, 0.6) is 5.75 Å². The molecule has 0 aliphatic rings. The summed E-state index contributed by atoms with van der Waals surface area (Å²) in [5.41, 5.74) is 6.20. The first-order valence-corrected chi connectivity index (χ1v) is 5.33. The standard InChI is InChI=1S/C12H15N3O3/c1-18-11-3-2-8(4-9(11)5-13)6-15-7-10(16)12(14)17/h2-4,10,15-16H,6-7H2,1H3,(H2,14,17). The van der Waals surface area contributed by atoms with E-state index in [9.17, 15) is 9.90 Å². The van der Waals surface area contributed by atoms with Crippen LogP contribution in [-0.4, -0.2) is 30.8 Å². The number of amides is 1. The minimum absolute atomic E-state index is 0.0727. The van der Waals surface area contributed by atoms with Crippen LogP contribution >= 0.6 is 0 Å². The smallest absolute Gasteiger partial charge is 0.247 e. The molecule has 0 saturated heterocycles. The van der Waals surface area contributed by atoms with Gasteiger partial charge in [-0.15, -0.1) is 0 Å². The summed E-state index contributed by atoms with van der Waals surface area (Å²) < 4.78 is 5.02. The molecule has 1 aromatic rings. The Morgan fingerprint density at radius 2 is 2.39 bits per heavy atom. The Hall–Kier alpha value is -2.10. The van der Waals surface area contributed by atoms with E-state index < -0.39 is 12.0 Å². The fraction of sp³-hybridized carbons (Fsp3) is 0.333. The van der Waals surface area contributed by atoms with Gasteiger partial charge in [-0.05, 0) is 17.7 Å². The van der Waals surface area contributed by atoms with Gasteiger partial charge < -0.3 is 20.9 Å². The summed E-state index contributed by atoms with van der Waals surface area (Å²) in [5, 5.41) is 21.0. The number of rotatable bonds is 6. The first kappa shape index (κ1) is 14.0. The average molecular weight is 249 g/mol. The highest BCUT2D eigenvalue weighted by Crippen LogP contribution is 2.18. The van der Waals surface area contributed by atoms with Gasteiger partial charge >= 0.3 is 0 Å². The number of carbonyl (C=O) groups is 1. The first-order chi connectivity index (χ1) is 8.58. The van der Waals surface area contributed by atoms with Crippen LogP contribution in [0.25, 0.3) is 0 Å². The number of nitrogens with zero attached hydrogens (tertiary/aromatic N) is 1. The Balaban J connectivity index is 2.59. The SMILES string of the molecule is COc1ccc(CNCC(O)C(N)=O)cc1C#N. The van der Waals surface area contributed by atoms with Gasteiger partial charge in [0.2, 0.25) is 5.91 Å². The van der Waals surface area contributed by atoms with Crippen LogP contribution in [0.2, 0.25) is 0 Å². The number of nitrogens with two attached hydrogens (primary N) is 1. The molecule has 1 atom stereocenters. The van der Waals surface area contributed by atoms with Crippen molar-refractivity contribution in [2.45, 2.75) is 12.6 Å². The summed E-state index contributed by atoms with van der Waals surface area (Å²) >= 11 is 0. The maximum atomic E-state index is 10.6. The molecule has 6 heteroatoms. The Bertz CT molecular complexity index is 468. The Labute approximate surface area is 105 Å². The van der Waals surface area contributed by atoms with Gasteiger partial charge in [0.05, 0.1) is 12.7 Å². The summed E-state index contributed by atoms with van der Waals surface area (Å²) in [6, 6.07) is 7.20. The maximum Gasteiger partial charge on any atom is 0.247 e. The van der Waals surface area contributed by atoms with E-state index in [1.807, 2.05) is 6.07 Å². The van der Waals surface area contributed by atoms with E-state index in [2.05, 4.69) is 5.32 Å².